The number of aromatic hydroxyl groups is 1. The van der Waals surface area contributed by atoms with Gasteiger partial charge in [-0.05, 0) is 38.1 Å². The molecule has 75 heavy (non-hydrogen) atoms. The Morgan fingerprint density at radius 2 is 1.11 bits per heavy atom. The fourth-order valence-electron chi connectivity index (χ4n) is 6.95. The van der Waals surface area contributed by atoms with E-state index in [1.54, 1.807) is 47.5 Å². The minimum atomic E-state index is -1.28. The maximum absolute atomic E-state index is 12.1. The summed E-state index contributed by atoms with van der Waals surface area (Å²) in [6.45, 7) is 19.3. The number of ether oxygens (including phenoxy) is 8. The first-order chi connectivity index (χ1) is 35.7. The molecule has 0 aliphatic carbocycles. The Labute approximate surface area is 457 Å². The molecule has 6 aromatic rings. The third-order valence-electron chi connectivity index (χ3n) is 10.7. The second-order valence-electron chi connectivity index (χ2n) is 18.8. The number of hydrogen-bond donors (Lipinski definition) is 1. The fraction of sp³-hybridized carbons (Fsp3) is 0.440. The van der Waals surface area contributed by atoms with Crippen LogP contribution < -0.4 is 14.2 Å². The molecule has 0 spiro atoms. The molecule has 0 fully saturated rings. The number of carbonyl (C=O) groups excluding carboxylic acids is 2. The Morgan fingerprint density at radius 3 is 1.51 bits per heavy atom. The summed E-state index contributed by atoms with van der Waals surface area (Å²) >= 11 is 15.5. The minimum Gasteiger partial charge on any atom is -0.504 e. The number of thioether (sulfide) groups is 2. The largest absolute Gasteiger partial charge is 0.504 e. The Bertz CT molecular complexity index is 3060. The highest BCUT2D eigenvalue weighted by molar-refractivity contribution is 8.00. The summed E-state index contributed by atoms with van der Waals surface area (Å²) in [5.74, 6) is 0.144. The number of fused-ring (bicyclic) bond motifs is 2. The first-order valence-electron chi connectivity index (χ1n) is 23.6. The molecule has 0 unspecified atom stereocenters. The van der Waals surface area contributed by atoms with Crippen LogP contribution in [0.25, 0.3) is 44.6 Å². The number of aromatic nitrogens is 6. The van der Waals surface area contributed by atoms with Gasteiger partial charge in [0.25, 0.3) is 0 Å². The zero-order valence-corrected chi connectivity index (χ0v) is 49.1. The molecule has 25 heteroatoms. The molecule has 2 aromatic carbocycles. The van der Waals surface area contributed by atoms with Crippen LogP contribution in [0.1, 0.15) is 25.0 Å². The lowest BCUT2D eigenvalue weighted by molar-refractivity contribution is -0.140. The van der Waals surface area contributed by atoms with E-state index in [4.69, 9.17) is 71.1 Å². The highest BCUT2D eigenvalue weighted by Crippen LogP contribution is 2.43. The lowest BCUT2D eigenvalue weighted by atomic mass is 10.1. The van der Waals surface area contributed by atoms with Crippen LogP contribution in [-0.2, 0) is 46.7 Å². The van der Waals surface area contributed by atoms with Gasteiger partial charge in [-0.2, -0.15) is 10.5 Å². The Balaban J connectivity index is 0.000000278. The summed E-state index contributed by atoms with van der Waals surface area (Å²) in [4.78, 5) is 42.7. The molecule has 0 bridgehead atoms. The van der Waals surface area contributed by atoms with Gasteiger partial charge in [0.15, 0.2) is 40.1 Å². The molecule has 4 aromatic heterocycles. The maximum Gasteiger partial charge on any atom is 0.316 e. The number of phenolic OH excluding ortho intramolecular Hbond substituents is 1. The van der Waals surface area contributed by atoms with E-state index in [9.17, 15) is 25.2 Å². The molecular formula is C50H62Cl2N8O11S2Si2. The van der Waals surface area contributed by atoms with Gasteiger partial charge in [-0.1, -0.05) is 86.0 Å². The first-order valence-corrected chi connectivity index (χ1v) is 33.7. The quantitative estimate of drug-likeness (QED) is 0.0140. The van der Waals surface area contributed by atoms with Gasteiger partial charge in [-0.15, -0.1) is 0 Å². The van der Waals surface area contributed by atoms with Crippen molar-refractivity contribution in [1.82, 2.24) is 29.1 Å². The molecule has 4 heterocycles. The summed E-state index contributed by atoms with van der Waals surface area (Å²) in [6, 6.07) is 12.7. The summed E-state index contributed by atoms with van der Waals surface area (Å²) in [5.41, 5.74) is 3.32. The van der Waals surface area contributed by atoms with Crippen LogP contribution in [0.15, 0.2) is 47.0 Å². The highest BCUT2D eigenvalue weighted by atomic mass is 35.5. The smallest absolute Gasteiger partial charge is 0.316 e. The van der Waals surface area contributed by atoms with Crippen molar-refractivity contribution in [1.29, 1.82) is 10.5 Å². The monoisotopic (exact) mass is 1140 g/mol. The van der Waals surface area contributed by atoms with E-state index in [0.717, 1.165) is 35.6 Å². The van der Waals surface area contributed by atoms with Gasteiger partial charge in [0, 0.05) is 72.1 Å². The number of hydrogen-bond acceptors (Lipinski definition) is 19. The minimum absolute atomic E-state index is 0.00809. The molecule has 0 aliphatic heterocycles. The normalized spacial score (nSPS) is 11.5. The van der Waals surface area contributed by atoms with Crippen LogP contribution in [0.5, 0.6) is 23.0 Å². The summed E-state index contributed by atoms with van der Waals surface area (Å²) in [7, 11) is 1.90. The number of methoxy groups -OCH3 is 3. The average molecular weight is 1140 g/mol. The number of nitriles is 2. The van der Waals surface area contributed by atoms with Crippen LogP contribution in [0.3, 0.4) is 0 Å². The van der Waals surface area contributed by atoms with Crippen molar-refractivity contribution in [3.63, 3.8) is 0 Å². The molecule has 0 atom stereocenters. The van der Waals surface area contributed by atoms with E-state index in [0.29, 0.717) is 95.8 Å². The average Bonchev–Trinajstić information content (AvgIpc) is 3.92. The molecule has 0 saturated heterocycles. The van der Waals surface area contributed by atoms with Crippen LogP contribution >= 0.6 is 46.7 Å². The topological polar surface area (TPSA) is 237 Å². The maximum atomic E-state index is 12.1. The van der Waals surface area contributed by atoms with Gasteiger partial charge in [0.1, 0.15) is 36.9 Å². The van der Waals surface area contributed by atoms with Gasteiger partial charge in [0.05, 0.1) is 82.3 Å². The lowest BCUT2D eigenvalue weighted by Gasteiger charge is -2.16. The summed E-state index contributed by atoms with van der Waals surface area (Å²) in [5, 5.41) is 32.5. The Kier molecular flexibility index (Phi) is 22.5. The van der Waals surface area contributed by atoms with E-state index in [1.807, 2.05) is 0 Å². The van der Waals surface area contributed by atoms with Gasteiger partial charge in [-0.3, -0.25) is 9.59 Å². The van der Waals surface area contributed by atoms with Crippen molar-refractivity contribution in [2.75, 3.05) is 66.1 Å². The zero-order valence-electron chi connectivity index (χ0n) is 43.9. The molecule has 19 nitrogen and oxygen atoms in total. The molecule has 0 amide bonds. The van der Waals surface area contributed by atoms with Crippen LogP contribution in [0.4, 0.5) is 0 Å². The number of carbonyl (C=O) groups is 2. The van der Waals surface area contributed by atoms with Gasteiger partial charge in [0.2, 0.25) is 0 Å². The molecule has 0 radical (unpaired) electrons. The predicted molar refractivity (Wildman–Crippen MR) is 296 cm³/mol. The van der Waals surface area contributed by atoms with E-state index in [2.05, 4.69) is 61.4 Å². The Morgan fingerprint density at radius 1 is 0.667 bits per heavy atom. The predicted octanol–water partition coefficient (Wildman–Crippen LogP) is 10.9. The Hall–Kier alpha value is -5.61. The molecule has 0 saturated carbocycles. The number of benzene rings is 2. The molecule has 6 rings (SSSR count). The van der Waals surface area contributed by atoms with Crippen molar-refractivity contribution in [3.8, 4) is 57.7 Å². The number of halogens is 2. The third-order valence-corrected chi connectivity index (χ3v) is 16.4. The lowest BCUT2D eigenvalue weighted by Crippen LogP contribution is -2.22. The second kappa shape index (κ2) is 28.0. The standard InChI is InChI=1S/C26H33ClN4O6SSi.C24H29ClN4O5SSi/c1-7-36-22(32)14-38-26-29-24(18-10-21(37-16-33-2)20(34-3)11-19(18)27)23-17(12-28)13-31(25(23)30-26)15-35-8-9-39(4,5)6;1-6-34-20(31)13-35-24-27-22(16-9-18(30)19(32-2)10-17(16)25)21-15(11-26)12-29(23(21)28-24)14-33-7-8-36(3,4)5/h10-11,13H,7-9,14-16H2,1-6H3;9-10,12,30H,6-8,13-14H2,1-5H3. The van der Waals surface area contributed by atoms with Crippen LogP contribution in [0, 0.1) is 22.7 Å². The molecular weight excluding hydrogens is 1080 g/mol. The summed E-state index contributed by atoms with van der Waals surface area (Å²) in [6.07, 6.45) is 3.35. The van der Waals surface area contributed by atoms with E-state index >= 15 is 0 Å². The number of esters is 2. The molecule has 0 aliphatic rings. The second-order valence-corrected chi connectivity index (χ2v) is 32.7. The molecule has 1 N–H and O–H groups in total. The van der Waals surface area contributed by atoms with Gasteiger partial charge in [-0.25, -0.2) is 19.9 Å². The van der Waals surface area contributed by atoms with Crippen molar-refractivity contribution < 1.29 is 52.6 Å². The van der Waals surface area contributed by atoms with Crippen LogP contribution in [0.2, 0.25) is 61.4 Å². The summed E-state index contributed by atoms with van der Waals surface area (Å²) < 4.78 is 46.8. The number of nitrogens with zero attached hydrogens (tertiary/aromatic N) is 8. The van der Waals surface area contributed by atoms with E-state index in [1.165, 1.54) is 33.5 Å². The third kappa shape index (κ3) is 16.7. The van der Waals surface area contributed by atoms with E-state index < -0.39 is 22.1 Å². The van der Waals surface area contributed by atoms with Gasteiger partial charge < -0.3 is 52.1 Å². The van der Waals surface area contributed by atoms with Crippen molar-refractivity contribution >= 4 is 96.9 Å². The van der Waals surface area contributed by atoms with Crippen molar-refractivity contribution in [3.05, 3.63) is 57.8 Å². The van der Waals surface area contributed by atoms with Crippen molar-refractivity contribution in [2.24, 2.45) is 0 Å². The van der Waals surface area contributed by atoms with E-state index in [-0.39, 0.29) is 67.5 Å². The number of phenols is 1. The number of rotatable bonds is 25. The first kappa shape index (κ1) is 60.3. The van der Waals surface area contributed by atoms with Gasteiger partial charge >= 0.3 is 11.9 Å². The highest BCUT2D eigenvalue weighted by Gasteiger charge is 2.25. The van der Waals surface area contributed by atoms with Crippen LogP contribution in [-0.4, -0.2) is 128 Å². The molecule has 402 valence electrons. The van der Waals surface area contributed by atoms with Crippen molar-refractivity contribution in [2.45, 2.75) is 89.0 Å². The zero-order chi connectivity index (χ0) is 55.0. The SMILES string of the molecule is CCOC(=O)CSc1nc(-c2cc(O)c(OC)cc2Cl)c2c(C#N)cn(COCC[Si](C)(C)C)c2n1.CCOC(=O)CSc1nc(-c2cc(OCOC)c(OC)cc2Cl)c2c(C#N)cn(COCC[Si](C)(C)C)c2n1. The fourth-order valence-corrected chi connectivity index (χ4v) is 10.2.